The molecule has 0 aliphatic rings. The number of aromatic nitrogens is 1. The Morgan fingerprint density at radius 2 is 2.31 bits per heavy atom. The zero-order valence-electron chi connectivity index (χ0n) is 10.2. The Bertz CT molecular complexity index is 302. The molecule has 3 heteroatoms. The van der Waals surface area contributed by atoms with E-state index in [9.17, 15) is 0 Å². The molecule has 0 bridgehead atoms. The summed E-state index contributed by atoms with van der Waals surface area (Å²) in [6, 6.07) is 4.04. The highest BCUT2D eigenvalue weighted by Gasteiger charge is 2.05. The minimum Gasteiger partial charge on any atom is -0.396 e. The summed E-state index contributed by atoms with van der Waals surface area (Å²) in [7, 11) is 0. The smallest absolute Gasteiger partial charge is 0.0570 e. The molecule has 1 heterocycles. The molecule has 1 atom stereocenters. The van der Waals surface area contributed by atoms with Crippen LogP contribution in [0.3, 0.4) is 0 Å². The van der Waals surface area contributed by atoms with Crippen molar-refractivity contribution in [3.63, 3.8) is 0 Å². The topological polar surface area (TPSA) is 45.1 Å². The summed E-state index contributed by atoms with van der Waals surface area (Å²) in [5, 5.41) is 12.3. The summed E-state index contributed by atoms with van der Waals surface area (Å²) in [4.78, 5) is 4.34. The van der Waals surface area contributed by atoms with E-state index in [0.717, 1.165) is 31.6 Å². The van der Waals surface area contributed by atoms with Crippen LogP contribution in [0.1, 0.15) is 31.0 Å². The van der Waals surface area contributed by atoms with Crippen LogP contribution in [0.15, 0.2) is 18.3 Å². The number of aliphatic hydroxyl groups excluding tert-OH is 1. The van der Waals surface area contributed by atoms with Gasteiger partial charge >= 0.3 is 0 Å². The molecular formula is C13H22N2O. The number of pyridine rings is 1. The number of aliphatic hydroxyl groups is 1. The SMILES string of the molecule is CCC(CCO)CNCc1ncccc1C. The van der Waals surface area contributed by atoms with Crippen LogP contribution in [0.2, 0.25) is 0 Å². The van der Waals surface area contributed by atoms with Gasteiger partial charge < -0.3 is 10.4 Å². The molecular weight excluding hydrogens is 200 g/mol. The molecule has 0 fully saturated rings. The second-order valence-electron chi connectivity index (χ2n) is 4.18. The van der Waals surface area contributed by atoms with Gasteiger partial charge in [-0.25, -0.2) is 0 Å². The molecule has 1 aromatic rings. The Hall–Kier alpha value is -0.930. The fourth-order valence-corrected chi connectivity index (χ4v) is 1.73. The summed E-state index contributed by atoms with van der Waals surface area (Å²) < 4.78 is 0. The maximum Gasteiger partial charge on any atom is 0.0570 e. The van der Waals surface area contributed by atoms with Gasteiger partial charge in [0.1, 0.15) is 0 Å². The van der Waals surface area contributed by atoms with Gasteiger partial charge in [0.2, 0.25) is 0 Å². The molecule has 0 aliphatic heterocycles. The number of hydrogen-bond acceptors (Lipinski definition) is 3. The van der Waals surface area contributed by atoms with Crippen molar-refractivity contribution in [3.8, 4) is 0 Å². The maximum atomic E-state index is 8.89. The molecule has 3 nitrogen and oxygen atoms in total. The molecule has 2 N–H and O–H groups in total. The van der Waals surface area contributed by atoms with Crippen molar-refractivity contribution in [2.24, 2.45) is 5.92 Å². The largest absolute Gasteiger partial charge is 0.396 e. The molecule has 0 aliphatic carbocycles. The van der Waals surface area contributed by atoms with Gasteiger partial charge in [-0.1, -0.05) is 19.4 Å². The van der Waals surface area contributed by atoms with E-state index >= 15 is 0 Å². The Labute approximate surface area is 97.9 Å². The standard InChI is InChI=1S/C13H22N2O/c1-3-12(6-8-16)9-14-10-13-11(2)5-4-7-15-13/h4-5,7,12,14,16H,3,6,8-10H2,1-2H3. The van der Waals surface area contributed by atoms with E-state index in [1.165, 1.54) is 5.56 Å². The Balaban J connectivity index is 2.32. The van der Waals surface area contributed by atoms with E-state index < -0.39 is 0 Å². The van der Waals surface area contributed by atoms with Gasteiger partial charge in [-0.3, -0.25) is 4.98 Å². The second-order valence-corrected chi connectivity index (χ2v) is 4.18. The van der Waals surface area contributed by atoms with Gasteiger partial charge in [0.25, 0.3) is 0 Å². The number of aryl methyl sites for hydroxylation is 1. The van der Waals surface area contributed by atoms with Gasteiger partial charge in [-0.2, -0.15) is 0 Å². The van der Waals surface area contributed by atoms with Gasteiger partial charge in [-0.15, -0.1) is 0 Å². The molecule has 0 spiro atoms. The van der Waals surface area contributed by atoms with Crippen LogP contribution in [0.25, 0.3) is 0 Å². The van der Waals surface area contributed by atoms with Crippen LogP contribution in [0.5, 0.6) is 0 Å². The molecule has 1 unspecified atom stereocenters. The molecule has 0 saturated heterocycles. The highest BCUT2D eigenvalue weighted by Crippen LogP contribution is 2.07. The lowest BCUT2D eigenvalue weighted by atomic mass is 10.0. The van der Waals surface area contributed by atoms with E-state index in [0.29, 0.717) is 5.92 Å². The predicted octanol–water partition coefficient (Wildman–Crippen LogP) is 1.89. The molecule has 16 heavy (non-hydrogen) atoms. The summed E-state index contributed by atoms with van der Waals surface area (Å²) >= 11 is 0. The molecule has 0 aromatic carbocycles. The van der Waals surface area contributed by atoms with Gasteiger partial charge in [-0.05, 0) is 37.4 Å². The van der Waals surface area contributed by atoms with E-state index in [2.05, 4.69) is 30.2 Å². The summed E-state index contributed by atoms with van der Waals surface area (Å²) in [6.45, 7) is 6.29. The quantitative estimate of drug-likeness (QED) is 0.740. The number of nitrogens with zero attached hydrogens (tertiary/aromatic N) is 1. The van der Waals surface area contributed by atoms with Crippen molar-refractivity contribution < 1.29 is 5.11 Å². The maximum absolute atomic E-state index is 8.89. The van der Waals surface area contributed by atoms with Crippen LogP contribution in [0.4, 0.5) is 0 Å². The van der Waals surface area contributed by atoms with Crippen molar-refractivity contribution in [2.75, 3.05) is 13.2 Å². The first-order valence-corrected chi connectivity index (χ1v) is 6.00. The van der Waals surface area contributed by atoms with E-state index in [1.807, 2.05) is 12.3 Å². The highest BCUT2D eigenvalue weighted by molar-refractivity contribution is 5.17. The molecule has 0 saturated carbocycles. The molecule has 90 valence electrons. The number of hydrogen-bond donors (Lipinski definition) is 2. The monoisotopic (exact) mass is 222 g/mol. The third-order valence-electron chi connectivity index (χ3n) is 2.96. The Kier molecular flexibility index (Phi) is 6.04. The Morgan fingerprint density at radius 1 is 1.50 bits per heavy atom. The van der Waals surface area contributed by atoms with Crippen LogP contribution in [-0.2, 0) is 6.54 Å². The van der Waals surface area contributed by atoms with Crippen LogP contribution < -0.4 is 5.32 Å². The average Bonchev–Trinajstić information content (AvgIpc) is 2.30. The molecule has 0 amide bonds. The second kappa shape index (κ2) is 7.36. The van der Waals surface area contributed by atoms with Crippen molar-refractivity contribution >= 4 is 0 Å². The van der Waals surface area contributed by atoms with Crippen molar-refractivity contribution in [1.29, 1.82) is 0 Å². The van der Waals surface area contributed by atoms with Crippen LogP contribution >= 0.6 is 0 Å². The third-order valence-corrected chi connectivity index (χ3v) is 2.96. The van der Waals surface area contributed by atoms with Crippen LogP contribution in [-0.4, -0.2) is 23.2 Å². The van der Waals surface area contributed by atoms with E-state index in [1.54, 1.807) is 0 Å². The first-order chi connectivity index (χ1) is 7.77. The molecule has 0 radical (unpaired) electrons. The van der Waals surface area contributed by atoms with Crippen molar-refractivity contribution in [2.45, 2.75) is 33.2 Å². The summed E-state index contributed by atoms with van der Waals surface area (Å²) in [5.41, 5.74) is 2.34. The lowest BCUT2D eigenvalue weighted by Gasteiger charge is -2.14. The molecule has 1 rings (SSSR count). The lowest BCUT2D eigenvalue weighted by Crippen LogP contribution is -2.23. The fourth-order valence-electron chi connectivity index (χ4n) is 1.73. The summed E-state index contributed by atoms with van der Waals surface area (Å²) in [6.07, 6.45) is 3.81. The zero-order valence-corrected chi connectivity index (χ0v) is 10.2. The number of rotatable bonds is 7. The Morgan fingerprint density at radius 3 is 2.94 bits per heavy atom. The number of nitrogens with one attached hydrogen (secondary N) is 1. The minimum atomic E-state index is 0.281. The average molecular weight is 222 g/mol. The predicted molar refractivity (Wildman–Crippen MR) is 66.2 cm³/mol. The van der Waals surface area contributed by atoms with Gasteiger partial charge in [0, 0.05) is 19.3 Å². The lowest BCUT2D eigenvalue weighted by molar-refractivity contribution is 0.251. The molecule has 1 aromatic heterocycles. The van der Waals surface area contributed by atoms with Crippen molar-refractivity contribution in [1.82, 2.24) is 10.3 Å². The third kappa shape index (κ3) is 4.29. The van der Waals surface area contributed by atoms with Crippen LogP contribution in [0, 0.1) is 12.8 Å². The minimum absolute atomic E-state index is 0.281. The van der Waals surface area contributed by atoms with Crippen molar-refractivity contribution in [3.05, 3.63) is 29.6 Å². The van der Waals surface area contributed by atoms with Gasteiger partial charge in [0.05, 0.1) is 5.69 Å². The zero-order chi connectivity index (χ0) is 11.8. The fraction of sp³-hybridized carbons (Fsp3) is 0.615. The highest BCUT2D eigenvalue weighted by atomic mass is 16.3. The van der Waals surface area contributed by atoms with E-state index in [-0.39, 0.29) is 6.61 Å². The van der Waals surface area contributed by atoms with Gasteiger partial charge in [0.15, 0.2) is 0 Å². The van der Waals surface area contributed by atoms with E-state index in [4.69, 9.17) is 5.11 Å². The summed E-state index contributed by atoms with van der Waals surface area (Å²) in [5.74, 6) is 0.564. The normalized spacial score (nSPS) is 12.7. The first-order valence-electron chi connectivity index (χ1n) is 6.00. The first kappa shape index (κ1) is 13.1.